The number of nitrogens with two attached hydrogens (primary N) is 1. The lowest BCUT2D eigenvalue weighted by Gasteiger charge is -2.17. The number of benzene rings is 2. The Morgan fingerprint density at radius 1 is 1.09 bits per heavy atom. The zero-order valence-electron chi connectivity index (χ0n) is 13.8. The molecule has 1 amide bonds. The van der Waals surface area contributed by atoms with Crippen molar-refractivity contribution in [1.29, 1.82) is 0 Å². The fourth-order valence-corrected chi connectivity index (χ4v) is 2.60. The van der Waals surface area contributed by atoms with Crippen LogP contribution in [0, 0.1) is 0 Å². The number of hydrogen-bond donors (Lipinski definition) is 2. The maximum absolute atomic E-state index is 12.3. The molecule has 2 aromatic carbocycles. The smallest absolute Gasteiger partial charge is 0.282 e. The molecule has 0 fully saturated rings. The van der Waals surface area contributed by atoms with Crippen molar-refractivity contribution in [2.45, 2.75) is 39.3 Å². The van der Waals surface area contributed by atoms with E-state index in [0.29, 0.717) is 0 Å². The molecule has 0 saturated heterocycles. The Morgan fingerprint density at radius 3 is 2.26 bits per heavy atom. The summed E-state index contributed by atoms with van der Waals surface area (Å²) < 4.78 is 0. The van der Waals surface area contributed by atoms with Gasteiger partial charge >= 0.3 is 0 Å². The number of hydrogen-bond acceptors (Lipinski definition) is 1. The number of carbonyl (C=O) groups is 1. The predicted octanol–water partition coefficient (Wildman–Crippen LogP) is 3.55. The van der Waals surface area contributed by atoms with Gasteiger partial charge in [-0.2, -0.15) is 0 Å². The largest absolute Gasteiger partial charge is 0.330 e. The van der Waals surface area contributed by atoms with Crippen LogP contribution >= 0.6 is 11.6 Å². The van der Waals surface area contributed by atoms with Gasteiger partial charge in [-0.3, -0.25) is 4.79 Å². The van der Waals surface area contributed by atoms with Crippen molar-refractivity contribution in [2.75, 3.05) is 5.32 Å². The first kappa shape index (κ1) is 17.5. The number of quaternary nitrogens is 1. The van der Waals surface area contributed by atoms with Gasteiger partial charge in [-0.1, -0.05) is 42.8 Å². The van der Waals surface area contributed by atoms with Gasteiger partial charge in [-0.05, 0) is 50.1 Å². The minimum absolute atomic E-state index is 0.00932. The van der Waals surface area contributed by atoms with Crippen molar-refractivity contribution in [2.24, 2.45) is 0 Å². The maximum Gasteiger partial charge on any atom is 0.282 e. The summed E-state index contributed by atoms with van der Waals surface area (Å²) in [6, 6.07) is 15.7. The summed E-state index contributed by atoms with van der Waals surface area (Å²) in [5, 5.41) is 5.75. The fraction of sp³-hybridized carbons (Fsp3) is 0.316. The summed E-state index contributed by atoms with van der Waals surface area (Å²) in [5.74, 6) is 0.00932. The molecule has 2 atom stereocenters. The van der Waals surface area contributed by atoms with Gasteiger partial charge in [-0.15, -0.1) is 0 Å². The Hall–Kier alpha value is -1.84. The lowest BCUT2D eigenvalue weighted by atomic mass is 10.1. The number of carbonyl (C=O) groups excluding carboxylic acids is 1. The van der Waals surface area contributed by atoms with E-state index < -0.39 is 0 Å². The number of amides is 1. The standard InChI is InChI=1S/C19H23ClN2O/c1-4-15-5-11-18(12-6-15)22-19(23)14(3)21-13(2)16-7-9-17(20)10-8-16/h5-14,21H,4H2,1-3H3,(H,22,23)/p+1/t13-,14+/m0/s1. The van der Waals surface area contributed by atoms with E-state index in [9.17, 15) is 4.79 Å². The maximum atomic E-state index is 12.3. The van der Waals surface area contributed by atoms with Crippen LogP contribution in [-0.4, -0.2) is 11.9 Å². The molecule has 0 spiro atoms. The first-order valence-corrected chi connectivity index (χ1v) is 8.37. The van der Waals surface area contributed by atoms with Gasteiger partial charge < -0.3 is 10.6 Å². The molecule has 0 bridgehead atoms. The molecule has 2 aromatic rings. The molecule has 0 heterocycles. The van der Waals surface area contributed by atoms with Crippen LogP contribution in [0.1, 0.15) is 37.9 Å². The minimum atomic E-state index is -0.175. The van der Waals surface area contributed by atoms with E-state index in [0.717, 1.165) is 22.7 Å². The second-order valence-corrected chi connectivity index (χ2v) is 6.30. The molecule has 0 unspecified atom stereocenters. The van der Waals surface area contributed by atoms with Gasteiger partial charge in [0, 0.05) is 16.3 Å². The number of rotatable bonds is 6. The number of anilines is 1. The van der Waals surface area contributed by atoms with Crippen LogP contribution in [0.3, 0.4) is 0 Å². The highest BCUT2D eigenvalue weighted by molar-refractivity contribution is 6.30. The Balaban J connectivity index is 1.92. The highest BCUT2D eigenvalue weighted by Gasteiger charge is 2.20. The molecule has 0 aliphatic carbocycles. The lowest BCUT2D eigenvalue weighted by Crippen LogP contribution is -2.91. The zero-order chi connectivity index (χ0) is 16.8. The summed E-state index contributed by atoms with van der Waals surface area (Å²) in [7, 11) is 0. The van der Waals surface area contributed by atoms with E-state index >= 15 is 0 Å². The Labute approximate surface area is 143 Å². The normalized spacial score (nSPS) is 13.4. The van der Waals surface area contributed by atoms with Crippen molar-refractivity contribution in [1.82, 2.24) is 0 Å². The summed E-state index contributed by atoms with van der Waals surface area (Å²) in [6.45, 7) is 6.12. The number of halogens is 1. The molecule has 0 saturated carbocycles. The van der Waals surface area contributed by atoms with E-state index in [2.05, 4.69) is 24.5 Å². The van der Waals surface area contributed by atoms with Crippen LogP contribution in [0.25, 0.3) is 0 Å². The minimum Gasteiger partial charge on any atom is -0.330 e. The summed E-state index contributed by atoms with van der Waals surface area (Å²) in [6.07, 6.45) is 0.997. The van der Waals surface area contributed by atoms with Gasteiger partial charge in [0.25, 0.3) is 5.91 Å². The average Bonchev–Trinajstić information content (AvgIpc) is 2.56. The van der Waals surface area contributed by atoms with E-state index in [1.807, 2.05) is 55.5 Å². The van der Waals surface area contributed by atoms with E-state index in [1.165, 1.54) is 5.56 Å². The predicted molar refractivity (Wildman–Crippen MR) is 95.7 cm³/mol. The first-order valence-electron chi connectivity index (χ1n) is 8.00. The van der Waals surface area contributed by atoms with Crippen molar-refractivity contribution < 1.29 is 10.1 Å². The van der Waals surface area contributed by atoms with Crippen LogP contribution in [0.4, 0.5) is 5.69 Å². The third-order valence-electron chi connectivity index (χ3n) is 4.02. The molecular formula is C19H24ClN2O+. The van der Waals surface area contributed by atoms with Crippen LogP contribution in [-0.2, 0) is 11.2 Å². The monoisotopic (exact) mass is 331 g/mol. The molecule has 0 aliphatic heterocycles. The van der Waals surface area contributed by atoms with Crippen molar-refractivity contribution in [3.63, 3.8) is 0 Å². The molecule has 0 aliphatic rings. The van der Waals surface area contributed by atoms with E-state index in [1.54, 1.807) is 0 Å². The molecule has 23 heavy (non-hydrogen) atoms. The third kappa shape index (κ3) is 5.08. The highest BCUT2D eigenvalue weighted by atomic mass is 35.5. The first-order chi connectivity index (χ1) is 11.0. The molecule has 122 valence electrons. The summed E-state index contributed by atoms with van der Waals surface area (Å²) >= 11 is 5.91. The molecular weight excluding hydrogens is 308 g/mol. The van der Waals surface area contributed by atoms with Gasteiger partial charge in [0.05, 0.1) is 0 Å². The zero-order valence-corrected chi connectivity index (χ0v) is 14.6. The molecule has 0 radical (unpaired) electrons. The molecule has 0 aromatic heterocycles. The van der Waals surface area contributed by atoms with E-state index in [-0.39, 0.29) is 18.0 Å². The van der Waals surface area contributed by atoms with Gasteiger partial charge in [0.2, 0.25) is 0 Å². The van der Waals surface area contributed by atoms with Crippen molar-refractivity contribution >= 4 is 23.2 Å². The van der Waals surface area contributed by atoms with Crippen LogP contribution < -0.4 is 10.6 Å². The summed E-state index contributed by atoms with van der Waals surface area (Å²) in [4.78, 5) is 12.3. The lowest BCUT2D eigenvalue weighted by molar-refractivity contribution is -0.709. The topological polar surface area (TPSA) is 45.7 Å². The van der Waals surface area contributed by atoms with Crippen LogP contribution in [0.2, 0.25) is 5.02 Å². The average molecular weight is 332 g/mol. The Kier molecular flexibility index (Phi) is 6.20. The molecule has 3 N–H and O–H groups in total. The molecule has 2 rings (SSSR count). The van der Waals surface area contributed by atoms with Gasteiger partial charge in [0.1, 0.15) is 6.04 Å². The number of aryl methyl sites for hydroxylation is 1. The van der Waals surface area contributed by atoms with Crippen LogP contribution in [0.15, 0.2) is 48.5 Å². The second kappa shape index (κ2) is 8.14. The molecule has 3 nitrogen and oxygen atoms in total. The van der Waals surface area contributed by atoms with Crippen LogP contribution in [0.5, 0.6) is 0 Å². The number of nitrogens with one attached hydrogen (secondary N) is 1. The van der Waals surface area contributed by atoms with Gasteiger partial charge in [-0.25, -0.2) is 0 Å². The molecule has 4 heteroatoms. The Morgan fingerprint density at radius 2 is 1.70 bits per heavy atom. The van der Waals surface area contributed by atoms with E-state index in [4.69, 9.17) is 11.6 Å². The third-order valence-corrected chi connectivity index (χ3v) is 4.27. The van der Waals surface area contributed by atoms with Gasteiger partial charge in [0.15, 0.2) is 6.04 Å². The highest BCUT2D eigenvalue weighted by Crippen LogP contribution is 2.14. The fourth-order valence-electron chi connectivity index (χ4n) is 2.48. The van der Waals surface area contributed by atoms with Crippen molar-refractivity contribution in [3.05, 3.63) is 64.7 Å². The second-order valence-electron chi connectivity index (χ2n) is 5.86. The Bertz CT molecular complexity index is 637. The summed E-state index contributed by atoms with van der Waals surface area (Å²) in [5.41, 5.74) is 3.26. The van der Waals surface area contributed by atoms with Crippen molar-refractivity contribution in [3.8, 4) is 0 Å². The quantitative estimate of drug-likeness (QED) is 0.835. The SMILES string of the molecule is CCc1ccc(NC(=O)[C@@H](C)[NH2+][C@@H](C)c2ccc(Cl)cc2)cc1.